The number of rotatable bonds is 8. The predicted octanol–water partition coefficient (Wildman–Crippen LogP) is 1.33. The third-order valence-electron chi connectivity index (χ3n) is 3.02. The van der Waals surface area contributed by atoms with E-state index in [1.807, 2.05) is 19.9 Å². The van der Waals surface area contributed by atoms with Crippen LogP contribution in [-0.4, -0.2) is 36.1 Å². The van der Waals surface area contributed by atoms with Gasteiger partial charge in [0.2, 0.25) is 5.91 Å². The van der Waals surface area contributed by atoms with Crippen molar-refractivity contribution in [3.05, 3.63) is 35.9 Å². The lowest BCUT2D eigenvalue weighted by molar-refractivity contribution is -0.122. The van der Waals surface area contributed by atoms with E-state index in [1.54, 1.807) is 24.3 Å². The quantitative estimate of drug-likeness (QED) is 0.676. The minimum atomic E-state index is -0.220. The lowest BCUT2D eigenvalue weighted by Crippen LogP contribution is -2.40. The molecule has 0 heterocycles. The monoisotopic (exact) mass is 292 g/mol. The van der Waals surface area contributed by atoms with Crippen molar-refractivity contribution in [2.24, 2.45) is 5.92 Å². The van der Waals surface area contributed by atoms with Crippen LogP contribution >= 0.6 is 0 Å². The maximum atomic E-state index is 11.8. The SMILES string of the molecule is CC(C)CC(CO)NC(=O)CCNC(=O)c1ccccc1. The molecule has 0 aromatic heterocycles. The summed E-state index contributed by atoms with van der Waals surface area (Å²) in [6.45, 7) is 4.28. The average molecular weight is 292 g/mol. The van der Waals surface area contributed by atoms with Gasteiger partial charge in [0.1, 0.15) is 0 Å². The summed E-state index contributed by atoms with van der Waals surface area (Å²) in [4.78, 5) is 23.5. The zero-order valence-corrected chi connectivity index (χ0v) is 12.6. The van der Waals surface area contributed by atoms with Crippen molar-refractivity contribution in [3.63, 3.8) is 0 Å². The van der Waals surface area contributed by atoms with E-state index in [2.05, 4.69) is 10.6 Å². The minimum Gasteiger partial charge on any atom is -0.394 e. The van der Waals surface area contributed by atoms with Gasteiger partial charge in [-0.1, -0.05) is 32.0 Å². The second-order valence-corrected chi connectivity index (χ2v) is 5.45. The van der Waals surface area contributed by atoms with Crippen LogP contribution in [0.2, 0.25) is 0 Å². The van der Waals surface area contributed by atoms with E-state index in [0.717, 1.165) is 6.42 Å². The van der Waals surface area contributed by atoms with Crippen LogP contribution in [0, 0.1) is 5.92 Å². The smallest absolute Gasteiger partial charge is 0.251 e. The fourth-order valence-corrected chi connectivity index (χ4v) is 2.03. The molecule has 0 bridgehead atoms. The van der Waals surface area contributed by atoms with Gasteiger partial charge in [0.25, 0.3) is 5.91 Å². The number of amides is 2. The molecule has 0 aliphatic rings. The Kier molecular flexibility index (Phi) is 7.46. The van der Waals surface area contributed by atoms with Crippen molar-refractivity contribution in [2.45, 2.75) is 32.7 Å². The van der Waals surface area contributed by atoms with Crippen molar-refractivity contribution < 1.29 is 14.7 Å². The zero-order valence-electron chi connectivity index (χ0n) is 12.6. The van der Waals surface area contributed by atoms with Crippen LogP contribution in [0.5, 0.6) is 0 Å². The Morgan fingerprint density at radius 1 is 1.19 bits per heavy atom. The Labute approximate surface area is 125 Å². The molecule has 5 heteroatoms. The van der Waals surface area contributed by atoms with Crippen LogP contribution in [0.15, 0.2) is 30.3 Å². The van der Waals surface area contributed by atoms with Crippen molar-refractivity contribution >= 4 is 11.8 Å². The van der Waals surface area contributed by atoms with E-state index < -0.39 is 0 Å². The molecule has 0 radical (unpaired) electrons. The number of aliphatic hydroxyl groups excluding tert-OH is 1. The summed E-state index contributed by atoms with van der Waals surface area (Å²) in [5.41, 5.74) is 0.575. The second kappa shape index (κ2) is 9.13. The lowest BCUT2D eigenvalue weighted by Gasteiger charge is -2.18. The van der Waals surface area contributed by atoms with Crippen LogP contribution in [0.1, 0.15) is 37.0 Å². The summed E-state index contributed by atoms with van der Waals surface area (Å²) in [6.07, 6.45) is 0.936. The van der Waals surface area contributed by atoms with Gasteiger partial charge in [-0.3, -0.25) is 9.59 Å². The highest BCUT2D eigenvalue weighted by molar-refractivity contribution is 5.94. The van der Waals surface area contributed by atoms with Crippen LogP contribution in [0.25, 0.3) is 0 Å². The first-order valence-corrected chi connectivity index (χ1v) is 7.26. The molecule has 1 atom stereocenters. The maximum absolute atomic E-state index is 11.8. The standard InChI is InChI=1S/C16H24N2O3/c1-12(2)10-14(11-19)18-15(20)8-9-17-16(21)13-6-4-3-5-7-13/h3-7,12,14,19H,8-11H2,1-2H3,(H,17,21)(H,18,20). The van der Waals surface area contributed by atoms with Gasteiger partial charge in [-0.25, -0.2) is 0 Å². The Balaban J connectivity index is 2.28. The van der Waals surface area contributed by atoms with Crippen LogP contribution < -0.4 is 10.6 Å². The molecule has 1 aromatic rings. The third-order valence-corrected chi connectivity index (χ3v) is 3.02. The molecule has 0 aliphatic carbocycles. The first-order valence-electron chi connectivity index (χ1n) is 7.26. The van der Waals surface area contributed by atoms with E-state index >= 15 is 0 Å². The molecule has 0 fully saturated rings. The number of nitrogens with one attached hydrogen (secondary N) is 2. The van der Waals surface area contributed by atoms with Crippen molar-refractivity contribution in [1.82, 2.24) is 10.6 Å². The molecule has 3 N–H and O–H groups in total. The number of hydrogen-bond acceptors (Lipinski definition) is 3. The second-order valence-electron chi connectivity index (χ2n) is 5.45. The molecule has 116 valence electrons. The van der Waals surface area contributed by atoms with E-state index in [4.69, 9.17) is 0 Å². The van der Waals surface area contributed by atoms with Crippen LogP contribution in [0.4, 0.5) is 0 Å². The molecular weight excluding hydrogens is 268 g/mol. The Bertz CT molecular complexity index is 446. The fraction of sp³-hybridized carbons (Fsp3) is 0.500. The molecule has 1 aromatic carbocycles. The molecule has 0 aliphatic heterocycles. The van der Waals surface area contributed by atoms with E-state index in [1.165, 1.54) is 0 Å². The van der Waals surface area contributed by atoms with E-state index in [-0.39, 0.29) is 37.4 Å². The number of benzene rings is 1. The van der Waals surface area contributed by atoms with Crippen LogP contribution in [-0.2, 0) is 4.79 Å². The molecule has 1 rings (SSSR count). The molecular formula is C16H24N2O3. The Morgan fingerprint density at radius 2 is 1.86 bits per heavy atom. The first-order chi connectivity index (χ1) is 10.0. The lowest BCUT2D eigenvalue weighted by atomic mass is 10.0. The van der Waals surface area contributed by atoms with E-state index in [0.29, 0.717) is 11.5 Å². The Morgan fingerprint density at radius 3 is 2.43 bits per heavy atom. The highest BCUT2D eigenvalue weighted by Crippen LogP contribution is 2.04. The predicted molar refractivity (Wildman–Crippen MR) is 81.9 cm³/mol. The summed E-state index contributed by atoms with van der Waals surface area (Å²) >= 11 is 0. The maximum Gasteiger partial charge on any atom is 0.251 e. The van der Waals surface area contributed by atoms with Gasteiger partial charge in [-0.15, -0.1) is 0 Å². The average Bonchev–Trinajstić information content (AvgIpc) is 2.46. The van der Waals surface area contributed by atoms with Gasteiger partial charge >= 0.3 is 0 Å². The summed E-state index contributed by atoms with van der Waals surface area (Å²) < 4.78 is 0. The van der Waals surface area contributed by atoms with E-state index in [9.17, 15) is 14.7 Å². The summed E-state index contributed by atoms with van der Waals surface area (Å²) in [5, 5.41) is 14.7. The van der Waals surface area contributed by atoms with Gasteiger partial charge in [0.05, 0.1) is 12.6 Å². The molecule has 5 nitrogen and oxygen atoms in total. The highest BCUT2D eigenvalue weighted by Gasteiger charge is 2.13. The molecule has 21 heavy (non-hydrogen) atoms. The summed E-state index contributed by atoms with van der Waals surface area (Å²) in [5.74, 6) is 0.0487. The van der Waals surface area contributed by atoms with Crippen molar-refractivity contribution in [1.29, 1.82) is 0 Å². The fourth-order valence-electron chi connectivity index (χ4n) is 2.03. The molecule has 1 unspecified atom stereocenters. The van der Waals surface area contributed by atoms with Gasteiger partial charge in [-0.05, 0) is 24.5 Å². The molecule has 0 saturated heterocycles. The largest absolute Gasteiger partial charge is 0.394 e. The normalized spacial score (nSPS) is 12.0. The number of aliphatic hydroxyl groups is 1. The van der Waals surface area contributed by atoms with Gasteiger partial charge in [-0.2, -0.15) is 0 Å². The first kappa shape index (κ1) is 17.2. The number of carbonyl (C=O) groups excluding carboxylic acids is 2. The third kappa shape index (κ3) is 6.90. The minimum absolute atomic E-state index is 0.0692. The van der Waals surface area contributed by atoms with Gasteiger partial charge < -0.3 is 15.7 Å². The Hall–Kier alpha value is -1.88. The van der Waals surface area contributed by atoms with Crippen molar-refractivity contribution in [2.75, 3.05) is 13.2 Å². The molecule has 0 saturated carbocycles. The van der Waals surface area contributed by atoms with Gasteiger partial charge in [0.15, 0.2) is 0 Å². The number of carbonyl (C=O) groups is 2. The topological polar surface area (TPSA) is 78.4 Å². The zero-order chi connectivity index (χ0) is 15.7. The summed E-state index contributed by atoms with van der Waals surface area (Å²) in [7, 11) is 0. The van der Waals surface area contributed by atoms with Gasteiger partial charge in [0, 0.05) is 18.5 Å². The molecule has 0 spiro atoms. The highest BCUT2D eigenvalue weighted by atomic mass is 16.3. The van der Waals surface area contributed by atoms with Crippen LogP contribution in [0.3, 0.4) is 0 Å². The summed E-state index contributed by atoms with van der Waals surface area (Å²) in [6, 6.07) is 8.65. The van der Waals surface area contributed by atoms with Crippen molar-refractivity contribution in [3.8, 4) is 0 Å². The molecule has 2 amide bonds. The number of hydrogen-bond donors (Lipinski definition) is 3.